The first-order valence-corrected chi connectivity index (χ1v) is 3.21. The summed E-state index contributed by atoms with van der Waals surface area (Å²) in [5, 5.41) is 0. The molecule has 50 valence electrons. The molecule has 0 atom stereocenters. The van der Waals surface area contributed by atoms with Crippen LogP contribution in [0.2, 0.25) is 0 Å². The maximum Gasteiger partial charge on any atom is 0.308 e. The average molecular weight is 235 g/mol. The fraction of sp³-hybridized carbons (Fsp3) is 1.00. The van der Waals surface area contributed by atoms with E-state index in [0.717, 1.165) is 22.6 Å². The maximum atomic E-state index is 11.9. The zero-order valence-electron chi connectivity index (χ0n) is 4.79. The van der Waals surface area contributed by atoms with Crippen LogP contribution in [0.5, 0.6) is 0 Å². The summed E-state index contributed by atoms with van der Waals surface area (Å²) in [5.41, 5.74) is 0. The van der Waals surface area contributed by atoms with E-state index < -0.39 is 3.93 Å². The van der Waals surface area contributed by atoms with Crippen molar-refractivity contribution >= 4 is 22.6 Å². The van der Waals surface area contributed by atoms with Crippen LogP contribution in [-0.2, 0) is 0 Å². The van der Waals surface area contributed by atoms with Crippen LogP contribution < -0.4 is 0 Å². The van der Waals surface area contributed by atoms with Crippen LogP contribution in [0.25, 0.3) is 0 Å². The summed E-state index contributed by atoms with van der Waals surface area (Å²) in [6.45, 7) is -0.187. The smallest absolute Gasteiger partial charge is 0.303 e. The molecule has 0 saturated carbocycles. The topological polar surface area (TPSA) is 3.24 Å². The summed E-state index contributed by atoms with van der Waals surface area (Å²) in [6, 6.07) is 0. The van der Waals surface area contributed by atoms with Crippen LogP contribution in [0.1, 0.15) is 0 Å². The molecule has 0 spiro atoms. The van der Waals surface area contributed by atoms with Gasteiger partial charge in [-0.3, -0.25) is 0 Å². The molecular formula is C4H8F2IN. The molecule has 0 aromatic carbocycles. The number of hydrogen-bond donors (Lipinski definition) is 0. The van der Waals surface area contributed by atoms with Gasteiger partial charge in [0.05, 0.1) is 6.54 Å². The van der Waals surface area contributed by atoms with Gasteiger partial charge in [-0.1, -0.05) is 0 Å². The Kier molecular flexibility index (Phi) is 3.11. The lowest BCUT2D eigenvalue weighted by Crippen LogP contribution is -2.25. The van der Waals surface area contributed by atoms with Crippen LogP contribution in [0.15, 0.2) is 0 Å². The van der Waals surface area contributed by atoms with Gasteiger partial charge in [0.15, 0.2) is 0 Å². The highest BCUT2D eigenvalue weighted by molar-refractivity contribution is 14.1. The molecule has 0 amide bonds. The predicted molar refractivity (Wildman–Crippen MR) is 37.5 cm³/mol. The zero-order valence-corrected chi connectivity index (χ0v) is 6.95. The first kappa shape index (κ1) is 8.55. The van der Waals surface area contributed by atoms with Crippen molar-refractivity contribution < 1.29 is 8.78 Å². The standard InChI is InChI=1S/C4H8F2IN/c1-8(2)3-4(5,6)7/h3H2,1-2H3. The Morgan fingerprint density at radius 1 is 1.50 bits per heavy atom. The van der Waals surface area contributed by atoms with Gasteiger partial charge in [-0.25, -0.2) is 0 Å². The van der Waals surface area contributed by atoms with E-state index in [4.69, 9.17) is 0 Å². The molecule has 0 saturated heterocycles. The maximum absolute atomic E-state index is 11.9. The molecule has 0 N–H and O–H groups in total. The van der Waals surface area contributed by atoms with Gasteiger partial charge in [-0.2, -0.15) is 8.78 Å². The Morgan fingerprint density at radius 2 is 1.88 bits per heavy atom. The number of nitrogens with zero attached hydrogens (tertiary/aromatic N) is 1. The molecule has 4 heteroatoms. The molecule has 0 aromatic rings. The van der Waals surface area contributed by atoms with Crippen molar-refractivity contribution in [2.75, 3.05) is 20.6 Å². The Balaban J connectivity index is 3.39. The molecule has 0 radical (unpaired) electrons. The summed E-state index contributed by atoms with van der Waals surface area (Å²) < 4.78 is 21.3. The third-order valence-corrected chi connectivity index (χ3v) is 0.837. The molecule has 0 aliphatic carbocycles. The third-order valence-electron chi connectivity index (χ3n) is 0.496. The lowest BCUT2D eigenvalue weighted by atomic mass is 10.6. The van der Waals surface area contributed by atoms with Gasteiger partial charge >= 0.3 is 3.93 Å². The van der Waals surface area contributed by atoms with E-state index in [-0.39, 0.29) is 6.54 Å². The molecular weight excluding hydrogens is 227 g/mol. The molecule has 8 heavy (non-hydrogen) atoms. The van der Waals surface area contributed by atoms with E-state index in [1.54, 1.807) is 14.1 Å². The fourth-order valence-electron chi connectivity index (χ4n) is 0.359. The third kappa shape index (κ3) is 6.55. The SMILES string of the molecule is CN(C)CC(F)(F)I. The number of hydrogen-bond acceptors (Lipinski definition) is 1. The monoisotopic (exact) mass is 235 g/mol. The normalized spacial score (nSPS) is 12.8. The molecule has 0 rings (SSSR count). The van der Waals surface area contributed by atoms with E-state index >= 15 is 0 Å². The molecule has 0 unspecified atom stereocenters. The van der Waals surface area contributed by atoms with E-state index in [1.807, 2.05) is 0 Å². The summed E-state index contributed by atoms with van der Waals surface area (Å²) in [4.78, 5) is 1.45. The number of alkyl halides is 3. The van der Waals surface area contributed by atoms with Crippen molar-refractivity contribution in [1.82, 2.24) is 4.90 Å². The van der Waals surface area contributed by atoms with E-state index in [0.29, 0.717) is 0 Å². The molecule has 0 heterocycles. The highest BCUT2D eigenvalue weighted by Gasteiger charge is 2.23. The second kappa shape index (κ2) is 2.91. The Hall–Kier alpha value is 0.550. The molecule has 0 bridgehead atoms. The molecule has 0 fully saturated rings. The largest absolute Gasteiger partial charge is 0.308 e. The Labute approximate surface area is 61.2 Å². The van der Waals surface area contributed by atoms with E-state index in [9.17, 15) is 8.78 Å². The lowest BCUT2D eigenvalue weighted by molar-refractivity contribution is 0.0920. The van der Waals surface area contributed by atoms with Gasteiger partial charge in [0.1, 0.15) is 0 Å². The lowest BCUT2D eigenvalue weighted by Gasteiger charge is -2.13. The first-order chi connectivity index (χ1) is 3.42. The van der Waals surface area contributed by atoms with Crippen molar-refractivity contribution in [2.45, 2.75) is 3.93 Å². The second-order valence-electron chi connectivity index (χ2n) is 1.85. The summed E-state index contributed by atoms with van der Waals surface area (Å²) in [5.74, 6) is 0. The van der Waals surface area contributed by atoms with Crippen molar-refractivity contribution in [1.29, 1.82) is 0 Å². The van der Waals surface area contributed by atoms with Crippen molar-refractivity contribution in [3.8, 4) is 0 Å². The van der Waals surface area contributed by atoms with Gasteiger partial charge in [0, 0.05) is 22.6 Å². The van der Waals surface area contributed by atoms with Crippen LogP contribution in [0.4, 0.5) is 8.78 Å². The van der Waals surface area contributed by atoms with Crippen LogP contribution in [-0.4, -0.2) is 29.5 Å². The molecule has 1 nitrogen and oxygen atoms in total. The van der Waals surface area contributed by atoms with Gasteiger partial charge in [0.25, 0.3) is 0 Å². The second-order valence-corrected chi connectivity index (χ2v) is 3.43. The summed E-state index contributed by atoms with van der Waals surface area (Å²) >= 11 is 1.12. The molecule has 0 aromatic heterocycles. The predicted octanol–water partition coefficient (Wildman–Crippen LogP) is 1.58. The Bertz CT molecular complexity index is 68.9. The highest BCUT2D eigenvalue weighted by Crippen LogP contribution is 2.22. The number of halogens is 3. The van der Waals surface area contributed by atoms with E-state index in [2.05, 4.69) is 0 Å². The highest BCUT2D eigenvalue weighted by atomic mass is 127. The minimum absolute atomic E-state index is 0.187. The first-order valence-electron chi connectivity index (χ1n) is 2.13. The van der Waals surface area contributed by atoms with Gasteiger partial charge in [-0.15, -0.1) is 0 Å². The van der Waals surface area contributed by atoms with Crippen LogP contribution >= 0.6 is 22.6 Å². The minimum Gasteiger partial charge on any atom is -0.303 e. The van der Waals surface area contributed by atoms with Crippen LogP contribution in [0.3, 0.4) is 0 Å². The Morgan fingerprint density at radius 3 is 1.88 bits per heavy atom. The van der Waals surface area contributed by atoms with Gasteiger partial charge < -0.3 is 4.90 Å². The van der Waals surface area contributed by atoms with Crippen molar-refractivity contribution in [3.63, 3.8) is 0 Å². The molecule has 0 aliphatic heterocycles. The summed E-state index contributed by atoms with van der Waals surface area (Å²) in [7, 11) is 3.24. The van der Waals surface area contributed by atoms with Crippen molar-refractivity contribution in [2.24, 2.45) is 0 Å². The van der Waals surface area contributed by atoms with Gasteiger partial charge in [-0.05, 0) is 14.1 Å². The summed E-state index contributed by atoms with van der Waals surface area (Å²) in [6.07, 6.45) is 0. The average Bonchev–Trinajstić information content (AvgIpc) is 1.21. The molecule has 0 aliphatic rings. The zero-order chi connectivity index (χ0) is 6.78. The van der Waals surface area contributed by atoms with E-state index in [1.165, 1.54) is 4.90 Å². The van der Waals surface area contributed by atoms with Gasteiger partial charge in [0.2, 0.25) is 0 Å². The van der Waals surface area contributed by atoms with Crippen LogP contribution in [0, 0.1) is 0 Å². The van der Waals surface area contributed by atoms with Crippen molar-refractivity contribution in [3.05, 3.63) is 0 Å². The number of rotatable bonds is 2. The fourth-order valence-corrected chi connectivity index (χ4v) is 1.04. The minimum atomic E-state index is -2.58. The quantitative estimate of drug-likeness (QED) is 0.518.